The van der Waals surface area contributed by atoms with Gasteiger partial charge in [-0.1, -0.05) is 147 Å². The maximum atomic E-state index is 15.6. The second-order valence-corrected chi connectivity index (χ2v) is 42.5. The van der Waals surface area contributed by atoms with Crippen LogP contribution in [-0.4, -0.2) is 119 Å². The molecule has 0 radical (unpaired) electrons. The Morgan fingerprint density at radius 2 is 0.832 bits per heavy atom. The van der Waals surface area contributed by atoms with Crippen LogP contribution in [-0.2, 0) is 53.8 Å². The number of hydrogen-bond acceptors (Lipinski definition) is 12. The highest BCUT2D eigenvalue weighted by atomic mass is 32.3. The summed E-state index contributed by atoms with van der Waals surface area (Å²) in [6.07, 6.45) is -5.99. The van der Waals surface area contributed by atoms with E-state index in [0.29, 0.717) is 86.0 Å². The third-order valence-corrected chi connectivity index (χ3v) is 34.5. The number of hydrogen-bond donors (Lipinski definition) is 3. The summed E-state index contributed by atoms with van der Waals surface area (Å²) in [5.41, 5.74) is -1.34. The van der Waals surface area contributed by atoms with Gasteiger partial charge in [-0.3, -0.25) is 4.79 Å². The number of carbonyl (C=O) groups excluding carboxylic acids is 1. The van der Waals surface area contributed by atoms with Crippen molar-refractivity contribution in [1.82, 2.24) is 0 Å². The Hall–Kier alpha value is -6.89. The van der Waals surface area contributed by atoms with Crippen LogP contribution in [0, 0.1) is 53.8 Å². The number of aryl methyl sites for hydroxylation is 2. The molecule has 1 spiro atoms. The first-order chi connectivity index (χ1) is 52.4. The number of fused-ring (bicyclic) bond motifs is 8. The van der Waals surface area contributed by atoms with Crippen molar-refractivity contribution in [2.45, 2.75) is 216 Å². The van der Waals surface area contributed by atoms with Gasteiger partial charge in [-0.2, -0.15) is 60.7 Å². The van der Waals surface area contributed by atoms with Gasteiger partial charge < -0.3 is 24.8 Å². The van der Waals surface area contributed by atoms with E-state index in [1.165, 1.54) is 50.6 Å². The molecule has 6 unspecified atom stereocenters. The van der Waals surface area contributed by atoms with E-state index in [2.05, 4.69) is 7.54 Å². The normalized spacial score (nSPS) is 30.7. The Morgan fingerprint density at radius 1 is 0.451 bits per heavy atom. The van der Waals surface area contributed by atoms with Crippen LogP contribution < -0.4 is 0 Å². The Bertz CT molecular complexity index is 5370. The van der Waals surface area contributed by atoms with Crippen LogP contribution in [0.15, 0.2) is 207 Å². The van der Waals surface area contributed by atoms with E-state index < -0.39 is 140 Å². The van der Waals surface area contributed by atoms with Crippen LogP contribution in [0.5, 0.6) is 0 Å². The van der Waals surface area contributed by atoms with Crippen molar-refractivity contribution in [2.75, 3.05) is 25.7 Å². The zero-order chi connectivity index (χ0) is 81.9. The summed E-state index contributed by atoms with van der Waals surface area (Å²) >= 11 is 0. The quantitative estimate of drug-likeness (QED) is 0.0769. The molecule has 0 bridgehead atoms. The Kier molecular flexibility index (Phi) is 20.6. The fourth-order valence-electron chi connectivity index (χ4n) is 20.6. The maximum absolute atomic E-state index is 15.6. The van der Waals surface area contributed by atoms with Crippen molar-refractivity contribution >= 4 is 45.3 Å². The molecule has 0 aromatic heterocycles. The maximum Gasteiger partial charge on any atom is 0.456 e. The Morgan fingerprint density at radius 3 is 1.24 bits per heavy atom. The average molecular weight is 1650 g/mol. The number of rotatable bonds is 12. The van der Waals surface area contributed by atoms with E-state index >= 15 is 17.6 Å². The van der Waals surface area contributed by atoms with Gasteiger partial charge in [0, 0.05) is 69.6 Å². The predicted octanol–water partition coefficient (Wildman–Crippen LogP) is 19.1. The molecule has 113 heavy (non-hydrogen) atoms. The van der Waals surface area contributed by atoms with Crippen molar-refractivity contribution in [3.63, 3.8) is 0 Å². The van der Waals surface area contributed by atoms with Gasteiger partial charge in [0.15, 0.2) is 11.6 Å². The molecule has 6 aromatic carbocycles. The molecular weight excluding hydrogens is 1560 g/mol. The first-order valence-electron chi connectivity index (χ1n) is 38.0. The smallest absolute Gasteiger partial charge is 0.385 e. The van der Waals surface area contributed by atoms with E-state index in [1.54, 1.807) is 103 Å². The van der Waals surface area contributed by atoms with Crippen molar-refractivity contribution < 1.29 is 98.7 Å². The number of benzene rings is 6. The highest BCUT2D eigenvalue weighted by molar-refractivity contribution is 8.03. The molecule has 28 heteroatoms. The van der Waals surface area contributed by atoms with Crippen molar-refractivity contribution in [1.29, 1.82) is 0 Å². The molecular formula is C85H92F10N2O12S4. The molecule has 6 aromatic rings. The molecule has 8 aliphatic carbocycles. The van der Waals surface area contributed by atoms with E-state index in [-0.39, 0.29) is 75.2 Å². The SMILES string of the molecule is Cc1ccc(S(=O)(=O)N=S(C)(=O)c2ccc(-c3ccc([C@H]4C[C@@]5(C)C(CC[C@@]5(O)C(F)(F)C(F)(F)F)C5CCC6=CC(=O)CCC6=C54)cc3)cc2)cc1.Cc1ccc(S(=O)(=O)N=S(C)(=O)c2ccc(-c3ccc([C@H]4C[C@@]5(C)C(CC[C@@]5(O)C(F)(F)C(F)(F)F)C5CC[C@@]6(O)CC7(CCC6=C54)OCC(C)(C)CO7)cc3)cc2)cc1. The highest BCUT2D eigenvalue weighted by Gasteiger charge is 2.81. The van der Waals surface area contributed by atoms with Crippen LogP contribution in [0.25, 0.3) is 22.3 Å². The van der Waals surface area contributed by atoms with Crippen LogP contribution in [0.4, 0.5) is 43.9 Å². The van der Waals surface area contributed by atoms with Crippen molar-refractivity contribution in [3.8, 4) is 22.3 Å². The summed E-state index contributed by atoms with van der Waals surface area (Å²) in [4.78, 5) is 12.6. The second kappa shape index (κ2) is 28.2. The minimum absolute atomic E-state index is 0.0101. The minimum Gasteiger partial charge on any atom is -0.385 e. The van der Waals surface area contributed by atoms with Crippen LogP contribution in [0.3, 0.4) is 0 Å². The number of ether oxygens (including phenoxy) is 2. The van der Waals surface area contributed by atoms with E-state index in [4.69, 9.17) is 9.47 Å². The number of sulfonamides is 2. The van der Waals surface area contributed by atoms with Gasteiger partial charge in [0.05, 0.1) is 48.1 Å². The zero-order valence-electron chi connectivity index (χ0n) is 63.7. The summed E-state index contributed by atoms with van der Waals surface area (Å²) in [6.45, 7) is 11.4. The van der Waals surface area contributed by atoms with E-state index in [9.17, 15) is 71.7 Å². The number of carbonyl (C=O) groups is 1. The number of aliphatic hydroxyl groups is 3. The summed E-state index contributed by atoms with van der Waals surface area (Å²) in [5.74, 6) is -15.0. The number of ketones is 1. The molecule has 3 N–H and O–H groups in total. The molecule has 6 fully saturated rings. The van der Waals surface area contributed by atoms with Crippen LogP contribution >= 0.6 is 0 Å². The molecule has 1 saturated heterocycles. The van der Waals surface area contributed by atoms with E-state index in [0.717, 1.165) is 44.6 Å². The molecule has 15 rings (SSSR count). The van der Waals surface area contributed by atoms with Gasteiger partial charge in [-0.25, -0.2) is 8.42 Å². The highest BCUT2D eigenvalue weighted by Crippen LogP contribution is 2.73. The van der Waals surface area contributed by atoms with Crippen molar-refractivity contribution in [3.05, 3.63) is 202 Å². The Labute approximate surface area is 653 Å². The molecule has 13 atom stereocenters. The summed E-state index contributed by atoms with van der Waals surface area (Å²) < 4.78 is 245. The second-order valence-electron chi connectivity index (χ2n) is 34.3. The lowest BCUT2D eigenvalue weighted by atomic mass is 9.49. The van der Waals surface area contributed by atoms with Gasteiger partial charge in [0.1, 0.15) is 11.2 Å². The van der Waals surface area contributed by atoms with Gasteiger partial charge in [0.25, 0.3) is 20.0 Å². The molecule has 14 nitrogen and oxygen atoms in total. The lowest BCUT2D eigenvalue weighted by Crippen LogP contribution is -2.65. The van der Waals surface area contributed by atoms with Gasteiger partial charge in [0.2, 0.25) is 0 Å². The molecule has 1 heterocycles. The Balaban J connectivity index is 0.000000189. The third kappa shape index (κ3) is 14.1. The summed E-state index contributed by atoms with van der Waals surface area (Å²) in [6, 6.07) is 39.5. The molecule has 0 amide bonds. The zero-order valence-corrected chi connectivity index (χ0v) is 67.0. The van der Waals surface area contributed by atoms with Crippen LogP contribution in [0.1, 0.15) is 158 Å². The average Bonchev–Trinajstić information content (AvgIpc) is 1.59. The summed E-state index contributed by atoms with van der Waals surface area (Å²) in [7, 11) is -15.1. The number of halogens is 10. The van der Waals surface area contributed by atoms with E-state index in [1.807, 2.05) is 52.0 Å². The first kappa shape index (κ1) is 82.6. The standard InChI is InChI=1S/C45H52F5NO7S2.C40H40F5NO5S2/c1-28-6-14-33(15-7-28)60(55,56)51-59(5,54)32-16-12-30(13-17-32)29-8-10-31(11-9-29)35-24-40(4)36(20-23-43(40,53)44(46,47)45(48,49)50)34-18-21-41(52)25-42(22-19-37(41)38(34)35)57-26-39(2,3)27-58-42;1-24-4-14-31(15-5-24)53(50,51)46-52(3,49)30-16-10-26(11-17-30)25-6-8-27(9-7-25)34-23-37(2)35(20-21-38(37,48)39(41,42)40(43,44)45)33-18-12-28-22-29(47)13-19-32(28)36(33)34/h6-17,34-36,52-53H,18-27H2,1-5H3;4-11,14-17,22,33-35,48H,12-13,18-21,23H2,1-3H3/t34?,35-,36?,40+,41-,43+,59?;33?,34-,35?,37+,38+,52?/m11/s1. The van der Waals surface area contributed by atoms with Gasteiger partial charge in [-0.05, 0) is 219 Å². The van der Waals surface area contributed by atoms with Crippen LogP contribution in [0.2, 0.25) is 0 Å². The fraction of sp³-hybridized carbons (Fsp3) is 0.494. The topological polar surface area (TPSA) is 223 Å². The summed E-state index contributed by atoms with van der Waals surface area (Å²) in [5, 5.41) is 35.8. The molecule has 5 saturated carbocycles. The molecule has 608 valence electrons. The molecule has 1 aliphatic heterocycles. The van der Waals surface area contributed by atoms with Gasteiger partial charge >= 0.3 is 24.2 Å². The number of alkyl halides is 10. The largest absolute Gasteiger partial charge is 0.456 e. The number of nitrogens with zero attached hydrogens (tertiary/aromatic N) is 2. The lowest BCUT2D eigenvalue weighted by molar-refractivity contribution is -0.362. The third-order valence-electron chi connectivity index (χ3n) is 26.6. The van der Waals surface area contributed by atoms with Gasteiger partial charge in [-0.15, -0.1) is 7.54 Å². The minimum atomic E-state index is -5.96. The number of allylic oxidation sites excluding steroid dienone is 5. The predicted molar refractivity (Wildman–Crippen MR) is 407 cm³/mol. The van der Waals surface area contributed by atoms with Crippen molar-refractivity contribution in [2.24, 2.45) is 47.5 Å². The lowest BCUT2D eigenvalue weighted by Gasteiger charge is -2.59. The monoisotopic (exact) mass is 1650 g/mol. The molecule has 9 aliphatic rings. The fourth-order valence-corrected chi connectivity index (χ4v) is 27.2. The first-order valence-corrected chi connectivity index (χ1v) is 44.7.